The average Bonchev–Trinajstić information content (AvgIpc) is 2.38. The van der Waals surface area contributed by atoms with Crippen molar-refractivity contribution in [2.75, 3.05) is 10.6 Å². The van der Waals surface area contributed by atoms with Gasteiger partial charge in [-0.05, 0) is 31.9 Å². The van der Waals surface area contributed by atoms with Crippen LogP contribution < -0.4 is 10.6 Å². The molecule has 5 nitrogen and oxygen atoms in total. The molecule has 20 heavy (non-hydrogen) atoms. The van der Waals surface area contributed by atoms with Gasteiger partial charge in [-0.2, -0.15) is 17.6 Å². The third-order valence-corrected chi connectivity index (χ3v) is 4.00. The number of halogens is 6. The van der Waals surface area contributed by atoms with E-state index in [1.807, 2.05) is 0 Å². The molecule has 11 heteroatoms. The number of pyridine rings is 1. The highest BCUT2D eigenvalue weighted by Gasteiger charge is 2.37. The lowest BCUT2D eigenvalue weighted by molar-refractivity contribution is -0.138. The van der Waals surface area contributed by atoms with E-state index in [2.05, 4.69) is 36.8 Å². The van der Waals surface area contributed by atoms with Gasteiger partial charge in [0.2, 0.25) is 0 Å². The molecule has 0 aromatic carbocycles. The Morgan fingerprint density at radius 3 is 2.00 bits per heavy atom. The third kappa shape index (κ3) is 3.26. The minimum Gasteiger partial charge on any atom is -0.395 e. The van der Waals surface area contributed by atoms with Gasteiger partial charge in [-0.3, -0.25) is 9.59 Å². The van der Waals surface area contributed by atoms with Crippen LogP contribution in [0.5, 0.6) is 0 Å². The highest BCUT2D eigenvalue weighted by atomic mass is 79.9. The highest BCUT2D eigenvalue weighted by Crippen LogP contribution is 2.35. The summed E-state index contributed by atoms with van der Waals surface area (Å²) >= 11 is 5.92. The lowest BCUT2D eigenvalue weighted by Crippen LogP contribution is -2.44. The van der Waals surface area contributed by atoms with Gasteiger partial charge in [-0.15, -0.1) is 0 Å². The third-order valence-electron chi connectivity index (χ3n) is 2.01. The minimum atomic E-state index is -3.67. The number of rotatable bonds is 3. The van der Waals surface area contributed by atoms with Crippen molar-refractivity contribution < 1.29 is 27.2 Å². The summed E-state index contributed by atoms with van der Waals surface area (Å²) in [4.78, 5) is 25.5. The average molecular weight is 423 g/mol. The Labute approximate surface area is 126 Å². The summed E-state index contributed by atoms with van der Waals surface area (Å²) in [6.07, 6.45) is -6.32. The first-order valence-corrected chi connectivity index (χ1v) is 6.30. The molecule has 2 N–H and O–H groups in total. The summed E-state index contributed by atoms with van der Waals surface area (Å²) in [5.74, 6) is -5.07. The molecular formula is C9H5Br2F4N3O2. The fourth-order valence-electron chi connectivity index (χ4n) is 1.16. The number of alkyl halides is 4. The Hall–Kier alpha value is -1.23. The summed E-state index contributed by atoms with van der Waals surface area (Å²) in [5.41, 5.74) is 5.07. The van der Waals surface area contributed by atoms with E-state index in [4.69, 9.17) is 5.73 Å². The Morgan fingerprint density at radius 2 is 1.60 bits per heavy atom. The maximum absolute atomic E-state index is 12.4. The van der Waals surface area contributed by atoms with Crippen molar-refractivity contribution in [3.05, 3.63) is 15.1 Å². The fourth-order valence-corrected chi connectivity index (χ4v) is 1.76. The molecule has 0 spiro atoms. The first-order valence-electron chi connectivity index (χ1n) is 4.72. The van der Waals surface area contributed by atoms with E-state index >= 15 is 0 Å². The Bertz CT molecular complexity index is 536. The summed E-state index contributed by atoms with van der Waals surface area (Å²) in [5, 5.41) is 0. The second-order valence-corrected chi connectivity index (χ2v) is 4.92. The van der Waals surface area contributed by atoms with E-state index in [9.17, 15) is 27.2 Å². The Kier molecular flexibility index (Phi) is 5.45. The van der Waals surface area contributed by atoms with E-state index in [-0.39, 0.29) is 8.95 Å². The first kappa shape index (κ1) is 16.8. The van der Waals surface area contributed by atoms with Crippen LogP contribution in [0.25, 0.3) is 0 Å². The van der Waals surface area contributed by atoms with Crippen LogP contribution >= 0.6 is 31.9 Å². The van der Waals surface area contributed by atoms with Crippen LogP contribution in [0.4, 0.5) is 29.1 Å². The molecule has 1 rings (SSSR count). The van der Waals surface area contributed by atoms with Crippen LogP contribution in [-0.4, -0.2) is 29.6 Å². The number of carbonyl (C=O) groups excluding carboxylic acids is 2. The Balaban J connectivity index is 3.42. The van der Waals surface area contributed by atoms with E-state index in [0.29, 0.717) is 0 Å². The molecule has 0 aliphatic rings. The number of carbonyl (C=O) groups is 2. The predicted octanol–water partition coefficient (Wildman–Crippen LogP) is 2.58. The lowest BCUT2D eigenvalue weighted by Gasteiger charge is -2.21. The Morgan fingerprint density at radius 1 is 1.15 bits per heavy atom. The van der Waals surface area contributed by atoms with Crippen LogP contribution in [0.3, 0.4) is 0 Å². The summed E-state index contributed by atoms with van der Waals surface area (Å²) in [6, 6.07) is 0. The second-order valence-electron chi connectivity index (χ2n) is 3.27. The zero-order chi connectivity index (χ0) is 15.6. The second kappa shape index (κ2) is 6.48. The van der Waals surface area contributed by atoms with Gasteiger partial charge < -0.3 is 5.73 Å². The molecule has 1 aromatic heterocycles. The van der Waals surface area contributed by atoms with Crippen molar-refractivity contribution in [2.24, 2.45) is 0 Å². The van der Waals surface area contributed by atoms with Gasteiger partial charge in [0.1, 0.15) is 0 Å². The largest absolute Gasteiger partial charge is 0.395 e. The summed E-state index contributed by atoms with van der Waals surface area (Å²) in [7, 11) is 0. The SMILES string of the molecule is Nc1c(N(C(=O)C(F)F)C(=O)C(F)F)ncc(Br)c1Br. The molecule has 1 aromatic rings. The van der Waals surface area contributed by atoms with Crippen molar-refractivity contribution >= 4 is 55.2 Å². The summed E-state index contributed by atoms with van der Waals surface area (Å²) < 4.78 is 50.1. The normalized spacial score (nSPS) is 11.0. The number of nitrogens with zero attached hydrogens (tertiary/aromatic N) is 2. The molecular weight excluding hydrogens is 418 g/mol. The zero-order valence-corrected chi connectivity index (χ0v) is 12.5. The first-order chi connectivity index (χ1) is 9.18. The molecule has 0 fully saturated rings. The van der Waals surface area contributed by atoms with Gasteiger partial charge >= 0.3 is 24.7 Å². The minimum absolute atomic E-state index is 0.0802. The molecule has 0 atom stereocenters. The van der Waals surface area contributed by atoms with Crippen molar-refractivity contribution in [1.82, 2.24) is 4.98 Å². The number of imide groups is 1. The van der Waals surface area contributed by atoms with Crippen LogP contribution in [-0.2, 0) is 9.59 Å². The molecule has 0 saturated heterocycles. The van der Waals surface area contributed by atoms with Crippen LogP contribution in [0.15, 0.2) is 15.1 Å². The van der Waals surface area contributed by atoms with Gasteiger partial charge in [-0.1, -0.05) is 0 Å². The van der Waals surface area contributed by atoms with Crippen molar-refractivity contribution in [3.8, 4) is 0 Å². The van der Waals surface area contributed by atoms with Crippen molar-refractivity contribution in [2.45, 2.75) is 12.9 Å². The smallest absolute Gasteiger partial charge is 0.316 e. The van der Waals surface area contributed by atoms with Crippen LogP contribution in [0, 0.1) is 0 Å². The maximum Gasteiger partial charge on any atom is 0.316 e. The molecule has 1 heterocycles. The number of amides is 2. The molecule has 2 amide bonds. The maximum atomic E-state index is 12.4. The topological polar surface area (TPSA) is 76.3 Å². The quantitative estimate of drug-likeness (QED) is 0.759. The predicted molar refractivity (Wildman–Crippen MR) is 68.6 cm³/mol. The molecule has 0 bridgehead atoms. The lowest BCUT2D eigenvalue weighted by atomic mass is 10.3. The van der Waals surface area contributed by atoms with Gasteiger partial charge in [0.25, 0.3) is 0 Å². The van der Waals surface area contributed by atoms with Gasteiger partial charge in [0, 0.05) is 6.20 Å². The molecule has 110 valence electrons. The van der Waals surface area contributed by atoms with Gasteiger partial charge in [0.05, 0.1) is 14.6 Å². The molecule has 0 aliphatic heterocycles. The van der Waals surface area contributed by atoms with Gasteiger partial charge in [0.15, 0.2) is 5.82 Å². The van der Waals surface area contributed by atoms with E-state index < -0.39 is 41.1 Å². The number of hydrogen-bond acceptors (Lipinski definition) is 4. The van der Waals surface area contributed by atoms with Crippen molar-refractivity contribution in [1.29, 1.82) is 0 Å². The fraction of sp³-hybridized carbons (Fsp3) is 0.222. The zero-order valence-electron chi connectivity index (χ0n) is 9.29. The van der Waals surface area contributed by atoms with Crippen LogP contribution in [0.1, 0.15) is 0 Å². The van der Waals surface area contributed by atoms with Crippen LogP contribution in [0.2, 0.25) is 0 Å². The van der Waals surface area contributed by atoms with E-state index in [1.54, 1.807) is 0 Å². The highest BCUT2D eigenvalue weighted by molar-refractivity contribution is 9.13. The van der Waals surface area contributed by atoms with E-state index in [0.717, 1.165) is 6.20 Å². The number of aromatic nitrogens is 1. The van der Waals surface area contributed by atoms with E-state index in [1.165, 1.54) is 0 Å². The van der Waals surface area contributed by atoms with Gasteiger partial charge in [-0.25, -0.2) is 9.88 Å². The molecule has 0 unspecified atom stereocenters. The number of anilines is 2. The molecule has 0 radical (unpaired) electrons. The monoisotopic (exact) mass is 421 g/mol. The van der Waals surface area contributed by atoms with Crippen molar-refractivity contribution in [3.63, 3.8) is 0 Å². The number of nitrogen functional groups attached to an aromatic ring is 1. The number of hydrogen-bond donors (Lipinski definition) is 1. The number of nitrogens with two attached hydrogens (primary N) is 1. The summed E-state index contributed by atoms with van der Waals surface area (Å²) in [6.45, 7) is 0. The molecule has 0 aliphatic carbocycles. The molecule has 0 saturated carbocycles. The standard InChI is InChI=1S/C9H5Br2F4N3O2/c10-2-1-17-7(4(16)3(2)11)18(8(19)5(12)13)9(20)6(14)15/h1,5-6H,16H2.